The van der Waals surface area contributed by atoms with E-state index in [2.05, 4.69) is 0 Å². The summed E-state index contributed by atoms with van der Waals surface area (Å²) in [5, 5.41) is 0. The second-order valence-electron chi connectivity index (χ2n) is 8.58. The predicted octanol–water partition coefficient (Wildman–Crippen LogP) is 5.21. The molecule has 3 aromatic carbocycles. The Kier molecular flexibility index (Phi) is 6.75. The molecule has 0 aromatic heterocycles. The maximum Gasteiger partial charge on any atom is 0.410 e. The average Bonchev–Trinajstić information content (AvgIpc) is 3.18. The van der Waals surface area contributed by atoms with E-state index in [1.165, 1.54) is 0 Å². The van der Waals surface area contributed by atoms with Crippen molar-refractivity contribution in [2.24, 2.45) is 4.99 Å². The summed E-state index contributed by atoms with van der Waals surface area (Å²) < 4.78 is 17.6. The van der Waals surface area contributed by atoms with Crippen molar-refractivity contribution in [3.8, 4) is 5.75 Å². The van der Waals surface area contributed by atoms with Crippen molar-refractivity contribution in [1.82, 2.24) is 4.90 Å². The number of carbonyl (C=O) groups is 1. The molecular weight excluding hydrogens is 428 g/mol. The van der Waals surface area contributed by atoms with Crippen LogP contribution in [0.15, 0.2) is 89.9 Å². The number of fused-ring (bicyclic) bond motifs is 1. The van der Waals surface area contributed by atoms with Crippen LogP contribution in [0, 0.1) is 0 Å². The van der Waals surface area contributed by atoms with Crippen LogP contribution < -0.4 is 4.74 Å². The summed E-state index contributed by atoms with van der Waals surface area (Å²) in [4.78, 5) is 19.2. The van der Waals surface area contributed by atoms with Crippen LogP contribution in [0.3, 0.4) is 0 Å². The molecule has 1 amide bonds. The lowest BCUT2D eigenvalue weighted by Crippen LogP contribution is -2.38. The molecule has 0 unspecified atom stereocenters. The van der Waals surface area contributed by atoms with Crippen molar-refractivity contribution < 1.29 is 19.0 Å². The quantitative estimate of drug-likeness (QED) is 0.511. The molecule has 6 heteroatoms. The third-order valence-electron chi connectivity index (χ3n) is 6.11. The first-order valence-electron chi connectivity index (χ1n) is 11.7. The van der Waals surface area contributed by atoms with E-state index in [0.29, 0.717) is 25.6 Å². The van der Waals surface area contributed by atoms with Crippen molar-refractivity contribution in [3.05, 3.63) is 102 Å². The van der Waals surface area contributed by atoms with Crippen molar-refractivity contribution >= 4 is 12.0 Å². The van der Waals surface area contributed by atoms with E-state index in [0.717, 1.165) is 35.3 Å². The lowest BCUT2D eigenvalue weighted by molar-refractivity contribution is 0.0945. The Labute approximate surface area is 199 Å². The second kappa shape index (κ2) is 10.4. The normalized spacial score (nSPS) is 19.4. The lowest BCUT2D eigenvalue weighted by Gasteiger charge is -2.21. The highest BCUT2D eigenvalue weighted by atomic mass is 16.6. The minimum Gasteiger partial charge on any atom is -0.489 e. The molecular formula is C28H28N2O4. The maximum atomic E-state index is 12.7. The molecule has 1 saturated heterocycles. The Bertz CT molecular complexity index is 1120. The predicted molar refractivity (Wildman–Crippen MR) is 130 cm³/mol. The number of nitrogens with zero attached hydrogens (tertiary/aromatic N) is 2. The van der Waals surface area contributed by atoms with E-state index in [4.69, 9.17) is 19.2 Å². The summed E-state index contributed by atoms with van der Waals surface area (Å²) in [5.41, 5.74) is 3.02. The first-order valence-corrected chi connectivity index (χ1v) is 11.7. The standard InChI is InChI=1S/C28H28N2O4/c31-28(33-20-22-10-5-2-6-11-22)30-17-7-12-26-25(18-30)29-27(34-26)23-13-15-24(16-14-23)32-19-21-8-3-1-4-9-21/h1-6,8-11,13-16,25-26H,7,12,17-20H2/t25-,26-/m1/s1. The number of hydrogen-bond acceptors (Lipinski definition) is 5. The van der Waals surface area contributed by atoms with Crippen LogP contribution in [-0.2, 0) is 22.7 Å². The van der Waals surface area contributed by atoms with Gasteiger partial charge < -0.3 is 19.1 Å². The SMILES string of the molecule is O=C(OCc1ccccc1)N1CCC[C@H]2OC(c3ccc(OCc4ccccc4)cc3)=N[C@@H]2C1. The van der Waals surface area contributed by atoms with Crippen LogP contribution in [0.2, 0.25) is 0 Å². The number of aliphatic imine (C=N–C) groups is 1. The fourth-order valence-electron chi connectivity index (χ4n) is 4.25. The van der Waals surface area contributed by atoms with E-state index in [1.54, 1.807) is 4.90 Å². The number of rotatable bonds is 6. The van der Waals surface area contributed by atoms with Crippen LogP contribution in [0.4, 0.5) is 4.79 Å². The van der Waals surface area contributed by atoms with Crippen LogP contribution in [0.25, 0.3) is 0 Å². The van der Waals surface area contributed by atoms with E-state index >= 15 is 0 Å². The number of amides is 1. The molecule has 2 aliphatic rings. The van der Waals surface area contributed by atoms with Crippen LogP contribution >= 0.6 is 0 Å². The zero-order chi connectivity index (χ0) is 23.2. The molecule has 1 fully saturated rings. The summed E-state index contributed by atoms with van der Waals surface area (Å²) in [6.45, 7) is 1.95. The summed E-state index contributed by atoms with van der Waals surface area (Å²) in [7, 11) is 0. The van der Waals surface area contributed by atoms with Gasteiger partial charge in [-0.3, -0.25) is 0 Å². The van der Waals surface area contributed by atoms with Crippen LogP contribution in [0.5, 0.6) is 5.75 Å². The third kappa shape index (κ3) is 5.39. The molecule has 0 radical (unpaired) electrons. The molecule has 5 rings (SSSR count). The molecule has 0 bridgehead atoms. The van der Waals surface area contributed by atoms with E-state index in [1.807, 2.05) is 84.9 Å². The first kappa shape index (κ1) is 22.0. The summed E-state index contributed by atoms with van der Waals surface area (Å²) >= 11 is 0. The van der Waals surface area contributed by atoms with E-state index < -0.39 is 0 Å². The Morgan fingerprint density at radius 3 is 2.29 bits per heavy atom. The first-order chi connectivity index (χ1) is 16.7. The van der Waals surface area contributed by atoms with Crippen LogP contribution in [0.1, 0.15) is 29.5 Å². The average molecular weight is 457 g/mol. The zero-order valence-electron chi connectivity index (χ0n) is 19.0. The maximum absolute atomic E-state index is 12.7. The third-order valence-corrected chi connectivity index (χ3v) is 6.11. The Morgan fingerprint density at radius 2 is 1.59 bits per heavy atom. The smallest absolute Gasteiger partial charge is 0.410 e. The van der Waals surface area contributed by atoms with Gasteiger partial charge in [-0.2, -0.15) is 0 Å². The fraction of sp³-hybridized carbons (Fsp3) is 0.286. The zero-order valence-corrected chi connectivity index (χ0v) is 19.0. The van der Waals surface area contributed by atoms with Gasteiger partial charge in [0.15, 0.2) is 0 Å². The van der Waals surface area contributed by atoms with E-state index in [-0.39, 0.29) is 24.8 Å². The molecule has 3 aromatic rings. The Morgan fingerprint density at radius 1 is 0.912 bits per heavy atom. The molecule has 2 heterocycles. The lowest BCUT2D eigenvalue weighted by atomic mass is 10.1. The number of hydrogen-bond donors (Lipinski definition) is 0. The molecule has 174 valence electrons. The van der Waals surface area contributed by atoms with Gasteiger partial charge in [0.25, 0.3) is 0 Å². The van der Waals surface area contributed by atoms with Crippen LogP contribution in [-0.4, -0.2) is 42.1 Å². The number of carbonyl (C=O) groups excluding carboxylic acids is 1. The highest BCUT2D eigenvalue weighted by molar-refractivity contribution is 5.95. The van der Waals surface area contributed by atoms with Gasteiger partial charge in [-0.25, -0.2) is 9.79 Å². The molecule has 6 nitrogen and oxygen atoms in total. The number of ether oxygens (including phenoxy) is 3. The van der Waals surface area contributed by atoms with Gasteiger partial charge in [-0.05, 0) is 48.2 Å². The molecule has 0 aliphatic carbocycles. The second-order valence-corrected chi connectivity index (χ2v) is 8.58. The van der Waals surface area contributed by atoms with E-state index in [9.17, 15) is 4.79 Å². The molecule has 2 aliphatic heterocycles. The molecule has 0 N–H and O–H groups in total. The Balaban J connectivity index is 1.18. The monoisotopic (exact) mass is 456 g/mol. The largest absolute Gasteiger partial charge is 0.489 e. The molecule has 2 atom stereocenters. The minimum absolute atomic E-state index is 0.0177. The van der Waals surface area contributed by atoms with Gasteiger partial charge in [-0.1, -0.05) is 60.7 Å². The van der Waals surface area contributed by atoms with Gasteiger partial charge in [0.1, 0.15) is 31.1 Å². The number of benzene rings is 3. The molecule has 0 saturated carbocycles. The highest BCUT2D eigenvalue weighted by Crippen LogP contribution is 2.26. The van der Waals surface area contributed by atoms with Gasteiger partial charge in [0.2, 0.25) is 5.90 Å². The van der Waals surface area contributed by atoms with Gasteiger partial charge >= 0.3 is 6.09 Å². The summed E-state index contributed by atoms with van der Waals surface area (Å²) in [6, 6.07) is 27.5. The van der Waals surface area contributed by atoms with Gasteiger partial charge in [0, 0.05) is 12.1 Å². The minimum atomic E-state index is -0.298. The fourth-order valence-corrected chi connectivity index (χ4v) is 4.25. The van der Waals surface area contributed by atoms with Crippen molar-refractivity contribution in [1.29, 1.82) is 0 Å². The highest BCUT2D eigenvalue weighted by Gasteiger charge is 2.36. The molecule has 0 spiro atoms. The van der Waals surface area contributed by atoms with Crippen molar-refractivity contribution in [2.75, 3.05) is 13.1 Å². The Hall–Kier alpha value is -3.80. The topological polar surface area (TPSA) is 60.4 Å². The summed E-state index contributed by atoms with van der Waals surface area (Å²) in [6.07, 6.45) is 1.40. The van der Waals surface area contributed by atoms with Crippen molar-refractivity contribution in [2.45, 2.75) is 38.2 Å². The summed E-state index contributed by atoms with van der Waals surface area (Å²) in [5.74, 6) is 1.43. The van der Waals surface area contributed by atoms with Gasteiger partial charge in [0.05, 0.1) is 6.54 Å². The van der Waals surface area contributed by atoms with Crippen molar-refractivity contribution in [3.63, 3.8) is 0 Å². The molecule has 34 heavy (non-hydrogen) atoms. The number of likely N-dealkylation sites (tertiary alicyclic amines) is 1. The van der Waals surface area contributed by atoms with Gasteiger partial charge in [-0.15, -0.1) is 0 Å².